The first-order valence-electron chi connectivity index (χ1n) is 7.58. The number of hydrogen-bond acceptors (Lipinski definition) is 3. The molecule has 1 aliphatic heterocycles. The summed E-state index contributed by atoms with van der Waals surface area (Å²) >= 11 is 0. The Morgan fingerprint density at radius 1 is 1.39 bits per heavy atom. The topological polar surface area (TPSA) is 44.5 Å². The number of rotatable bonds is 5. The Bertz CT molecular complexity index is 253. The van der Waals surface area contributed by atoms with Crippen molar-refractivity contribution < 1.29 is 9.47 Å². The summed E-state index contributed by atoms with van der Waals surface area (Å²) in [4.78, 5) is 0. The second-order valence-corrected chi connectivity index (χ2v) is 6.29. The number of methoxy groups -OCH3 is 1. The lowest BCUT2D eigenvalue weighted by molar-refractivity contribution is -0.0743. The van der Waals surface area contributed by atoms with E-state index in [4.69, 9.17) is 15.2 Å². The highest BCUT2D eigenvalue weighted by Crippen LogP contribution is 2.38. The maximum Gasteiger partial charge on any atom is 0.0831 e. The molecule has 0 aromatic carbocycles. The van der Waals surface area contributed by atoms with Crippen LogP contribution in [0.1, 0.15) is 58.3 Å². The molecular formula is C15H29NO2. The molecule has 106 valence electrons. The average molecular weight is 255 g/mol. The normalized spacial score (nSPS) is 38.8. The van der Waals surface area contributed by atoms with Gasteiger partial charge in [-0.1, -0.05) is 19.8 Å². The third-order valence-corrected chi connectivity index (χ3v) is 4.90. The second kappa shape index (κ2) is 6.36. The summed E-state index contributed by atoms with van der Waals surface area (Å²) in [5, 5.41) is 0. The lowest BCUT2D eigenvalue weighted by Crippen LogP contribution is -2.52. The molecule has 4 atom stereocenters. The van der Waals surface area contributed by atoms with E-state index in [1.165, 1.54) is 25.7 Å². The van der Waals surface area contributed by atoms with Crippen molar-refractivity contribution >= 4 is 0 Å². The molecule has 2 N–H and O–H groups in total. The van der Waals surface area contributed by atoms with E-state index in [2.05, 4.69) is 6.92 Å². The molecule has 0 bridgehead atoms. The van der Waals surface area contributed by atoms with Crippen LogP contribution in [0.4, 0.5) is 0 Å². The Morgan fingerprint density at radius 2 is 2.22 bits per heavy atom. The summed E-state index contributed by atoms with van der Waals surface area (Å²) in [5.74, 6) is 0.743. The fourth-order valence-corrected chi connectivity index (χ4v) is 3.72. The van der Waals surface area contributed by atoms with Gasteiger partial charge in [0.1, 0.15) is 0 Å². The van der Waals surface area contributed by atoms with Gasteiger partial charge in [-0.2, -0.15) is 0 Å². The Balaban J connectivity index is 1.85. The predicted molar refractivity (Wildman–Crippen MR) is 73.6 cm³/mol. The predicted octanol–water partition coefficient (Wildman–Crippen LogP) is 2.87. The summed E-state index contributed by atoms with van der Waals surface area (Å²) in [6, 6.07) is 0.162. The van der Waals surface area contributed by atoms with Crippen LogP contribution < -0.4 is 5.73 Å². The zero-order chi connectivity index (χ0) is 13.0. The molecule has 1 aliphatic carbocycles. The van der Waals surface area contributed by atoms with E-state index in [-0.39, 0.29) is 11.6 Å². The first-order valence-corrected chi connectivity index (χ1v) is 7.58. The van der Waals surface area contributed by atoms with Crippen LogP contribution in [0.15, 0.2) is 0 Å². The summed E-state index contributed by atoms with van der Waals surface area (Å²) in [6.07, 6.45) is 9.83. The van der Waals surface area contributed by atoms with Crippen molar-refractivity contribution in [1.29, 1.82) is 0 Å². The fourth-order valence-electron chi connectivity index (χ4n) is 3.72. The monoisotopic (exact) mass is 255 g/mol. The van der Waals surface area contributed by atoms with Crippen LogP contribution in [0.3, 0.4) is 0 Å². The van der Waals surface area contributed by atoms with Crippen molar-refractivity contribution in [2.24, 2.45) is 11.7 Å². The molecule has 1 heterocycles. The third kappa shape index (κ3) is 3.25. The molecule has 2 aliphatic rings. The van der Waals surface area contributed by atoms with Crippen LogP contribution in [0.25, 0.3) is 0 Å². The molecule has 0 amide bonds. The Hall–Kier alpha value is -0.120. The van der Waals surface area contributed by atoms with Crippen LogP contribution >= 0.6 is 0 Å². The van der Waals surface area contributed by atoms with E-state index in [0.29, 0.717) is 6.10 Å². The lowest BCUT2D eigenvalue weighted by Gasteiger charge is -2.43. The smallest absolute Gasteiger partial charge is 0.0831 e. The van der Waals surface area contributed by atoms with Crippen LogP contribution in [-0.2, 0) is 9.47 Å². The van der Waals surface area contributed by atoms with Crippen molar-refractivity contribution in [1.82, 2.24) is 0 Å². The quantitative estimate of drug-likeness (QED) is 0.821. The van der Waals surface area contributed by atoms with E-state index >= 15 is 0 Å². The number of ether oxygens (including phenoxy) is 2. The molecule has 1 saturated carbocycles. The minimum absolute atomic E-state index is 0.0731. The summed E-state index contributed by atoms with van der Waals surface area (Å²) in [6.45, 7) is 3.26. The first kappa shape index (κ1) is 14.3. The standard InChI is InChI=1S/C15H29NO2/c1-12-5-3-9-15(11-12,17-2)14(16)8-7-13-6-4-10-18-13/h12-14H,3-11,16H2,1-2H3. The van der Waals surface area contributed by atoms with Crippen LogP contribution in [0.5, 0.6) is 0 Å². The molecule has 3 heteroatoms. The van der Waals surface area contributed by atoms with Gasteiger partial charge in [-0.3, -0.25) is 0 Å². The van der Waals surface area contributed by atoms with Crippen LogP contribution in [0, 0.1) is 5.92 Å². The molecule has 2 fully saturated rings. The number of hydrogen-bond donors (Lipinski definition) is 1. The third-order valence-electron chi connectivity index (χ3n) is 4.90. The van der Waals surface area contributed by atoms with Gasteiger partial charge >= 0.3 is 0 Å². The fraction of sp³-hybridized carbons (Fsp3) is 1.00. The number of nitrogens with two attached hydrogens (primary N) is 1. The van der Waals surface area contributed by atoms with Gasteiger partial charge in [-0.05, 0) is 44.4 Å². The average Bonchev–Trinajstić information content (AvgIpc) is 2.88. The minimum Gasteiger partial charge on any atom is -0.378 e. The van der Waals surface area contributed by atoms with Gasteiger partial charge in [0, 0.05) is 19.8 Å². The molecule has 1 saturated heterocycles. The Morgan fingerprint density at radius 3 is 2.83 bits per heavy atom. The van der Waals surface area contributed by atoms with E-state index in [9.17, 15) is 0 Å². The maximum absolute atomic E-state index is 6.45. The lowest BCUT2D eigenvalue weighted by atomic mass is 9.73. The largest absolute Gasteiger partial charge is 0.378 e. The van der Waals surface area contributed by atoms with E-state index in [1.807, 2.05) is 7.11 Å². The summed E-state index contributed by atoms with van der Waals surface area (Å²) < 4.78 is 11.5. The molecule has 0 aromatic heterocycles. The zero-order valence-corrected chi connectivity index (χ0v) is 12.0. The van der Waals surface area contributed by atoms with Crippen molar-refractivity contribution in [3.8, 4) is 0 Å². The molecule has 0 aromatic rings. The molecule has 3 nitrogen and oxygen atoms in total. The van der Waals surface area contributed by atoms with E-state index < -0.39 is 0 Å². The highest BCUT2D eigenvalue weighted by atomic mass is 16.5. The van der Waals surface area contributed by atoms with Crippen molar-refractivity contribution in [2.75, 3.05) is 13.7 Å². The molecule has 4 unspecified atom stereocenters. The van der Waals surface area contributed by atoms with Gasteiger partial charge in [0.15, 0.2) is 0 Å². The van der Waals surface area contributed by atoms with Gasteiger partial charge in [-0.25, -0.2) is 0 Å². The van der Waals surface area contributed by atoms with Crippen LogP contribution in [-0.4, -0.2) is 31.5 Å². The highest BCUT2D eigenvalue weighted by Gasteiger charge is 2.40. The summed E-state index contributed by atoms with van der Waals surface area (Å²) in [5.41, 5.74) is 6.38. The maximum atomic E-state index is 6.45. The van der Waals surface area contributed by atoms with Crippen molar-refractivity contribution in [3.63, 3.8) is 0 Å². The highest BCUT2D eigenvalue weighted by molar-refractivity contribution is 4.95. The van der Waals surface area contributed by atoms with E-state index in [1.54, 1.807) is 0 Å². The van der Waals surface area contributed by atoms with Crippen molar-refractivity contribution in [3.05, 3.63) is 0 Å². The van der Waals surface area contributed by atoms with E-state index in [0.717, 1.165) is 38.2 Å². The molecule has 2 rings (SSSR count). The summed E-state index contributed by atoms with van der Waals surface area (Å²) in [7, 11) is 1.84. The molecular weight excluding hydrogens is 226 g/mol. The Labute approximate surface area is 111 Å². The van der Waals surface area contributed by atoms with Crippen LogP contribution in [0.2, 0.25) is 0 Å². The first-order chi connectivity index (χ1) is 8.66. The van der Waals surface area contributed by atoms with Gasteiger partial charge in [0.05, 0.1) is 11.7 Å². The molecule has 0 radical (unpaired) electrons. The van der Waals surface area contributed by atoms with Gasteiger partial charge in [-0.15, -0.1) is 0 Å². The second-order valence-electron chi connectivity index (χ2n) is 6.29. The van der Waals surface area contributed by atoms with Gasteiger partial charge in [0.2, 0.25) is 0 Å². The Kier molecular flexibility index (Phi) is 5.05. The molecule has 18 heavy (non-hydrogen) atoms. The van der Waals surface area contributed by atoms with Gasteiger partial charge in [0.25, 0.3) is 0 Å². The minimum atomic E-state index is -0.0731. The zero-order valence-electron chi connectivity index (χ0n) is 12.0. The van der Waals surface area contributed by atoms with Gasteiger partial charge < -0.3 is 15.2 Å². The van der Waals surface area contributed by atoms with Crippen molar-refractivity contribution in [2.45, 2.75) is 76.0 Å². The molecule has 0 spiro atoms. The SMILES string of the molecule is COC1(C(N)CCC2CCCO2)CCCC(C)C1.